The summed E-state index contributed by atoms with van der Waals surface area (Å²) >= 11 is 0. The van der Waals surface area contributed by atoms with Crippen LogP contribution in [-0.2, 0) is 13.5 Å². The molecule has 0 aromatic carbocycles. The summed E-state index contributed by atoms with van der Waals surface area (Å²) in [6.45, 7) is 0. The smallest absolute Gasteiger partial charge is 0.189 e. The fourth-order valence-corrected chi connectivity index (χ4v) is 1.38. The standard InChI is InChI=1S/C10H11N5O/c1-15-6-7(13-14-15)5-9(16)10-8(11)3-2-4-12-10/h2-4,6H,5,11H2,1H3. The van der Waals surface area contributed by atoms with E-state index in [2.05, 4.69) is 15.3 Å². The van der Waals surface area contributed by atoms with E-state index in [1.165, 1.54) is 0 Å². The molecule has 0 radical (unpaired) electrons. The third-order valence-electron chi connectivity index (χ3n) is 2.09. The van der Waals surface area contributed by atoms with E-state index in [-0.39, 0.29) is 17.9 Å². The molecule has 0 atom stereocenters. The molecule has 82 valence electrons. The highest BCUT2D eigenvalue weighted by Crippen LogP contribution is 2.10. The van der Waals surface area contributed by atoms with Crippen molar-refractivity contribution in [1.82, 2.24) is 20.0 Å². The van der Waals surface area contributed by atoms with Gasteiger partial charge in [0, 0.05) is 19.4 Å². The van der Waals surface area contributed by atoms with Gasteiger partial charge in [-0.3, -0.25) is 14.5 Å². The van der Waals surface area contributed by atoms with Crippen molar-refractivity contribution in [3.8, 4) is 0 Å². The number of nitrogens with zero attached hydrogens (tertiary/aromatic N) is 4. The summed E-state index contributed by atoms with van der Waals surface area (Å²) in [6, 6.07) is 3.34. The van der Waals surface area contributed by atoms with Gasteiger partial charge in [-0.2, -0.15) is 0 Å². The maximum atomic E-state index is 11.8. The molecule has 2 aromatic heterocycles. The van der Waals surface area contributed by atoms with Crippen molar-refractivity contribution in [2.24, 2.45) is 7.05 Å². The molecule has 0 spiro atoms. The Morgan fingerprint density at radius 2 is 2.38 bits per heavy atom. The van der Waals surface area contributed by atoms with Crippen molar-refractivity contribution in [2.75, 3.05) is 5.73 Å². The Morgan fingerprint density at radius 3 is 3.00 bits per heavy atom. The molecule has 0 aliphatic rings. The monoisotopic (exact) mass is 217 g/mol. The molecule has 0 bridgehead atoms. The molecule has 0 unspecified atom stereocenters. The van der Waals surface area contributed by atoms with E-state index in [4.69, 9.17) is 5.73 Å². The Balaban J connectivity index is 2.18. The first-order valence-corrected chi connectivity index (χ1v) is 4.75. The van der Waals surface area contributed by atoms with E-state index in [9.17, 15) is 4.79 Å². The van der Waals surface area contributed by atoms with Crippen molar-refractivity contribution in [1.29, 1.82) is 0 Å². The number of carbonyl (C=O) groups excluding carboxylic acids is 1. The van der Waals surface area contributed by atoms with Crippen LogP contribution in [0.5, 0.6) is 0 Å². The van der Waals surface area contributed by atoms with Crippen LogP contribution in [0.3, 0.4) is 0 Å². The minimum absolute atomic E-state index is 0.154. The van der Waals surface area contributed by atoms with Gasteiger partial charge in [-0.05, 0) is 12.1 Å². The van der Waals surface area contributed by atoms with Gasteiger partial charge in [0.15, 0.2) is 5.78 Å². The summed E-state index contributed by atoms with van der Waals surface area (Å²) in [4.78, 5) is 15.8. The second-order valence-electron chi connectivity index (χ2n) is 3.42. The molecule has 2 heterocycles. The number of nitrogen functional groups attached to an aromatic ring is 1. The minimum Gasteiger partial charge on any atom is -0.397 e. The molecule has 2 rings (SSSR count). The van der Waals surface area contributed by atoms with E-state index < -0.39 is 0 Å². The van der Waals surface area contributed by atoms with Crippen LogP contribution in [0, 0.1) is 0 Å². The molecule has 6 heteroatoms. The lowest BCUT2D eigenvalue weighted by atomic mass is 10.1. The number of aromatic nitrogens is 4. The first kappa shape index (κ1) is 10.3. The SMILES string of the molecule is Cn1cc(CC(=O)c2ncccc2N)nn1. The molecule has 0 aliphatic heterocycles. The van der Waals surface area contributed by atoms with Gasteiger partial charge in [0.05, 0.1) is 17.8 Å². The van der Waals surface area contributed by atoms with Gasteiger partial charge < -0.3 is 5.73 Å². The molecular weight excluding hydrogens is 206 g/mol. The largest absolute Gasteiger partial charge is 0.397 e. The number of rotatable bonds is 3. The third kappa shape index (κ3) is 2.05. The van der Waals surface area contributed by atoms with Gasteiger partial charge in [0.1, 0.15) is 5.69 Å². The second kappa shape index (κ2) is 4.09. The number of ketones is 1. The highest BCUT2D eigenvalue weighted by molar-refractivity contribution is 5.99. The second-order valence-corrected chi connectivity index (χ2v) is 3.42. The van der Waals surface area contributed by atoms with Gasteiger partial charge in [-0.15, -0.1) is 5.10 Å². The summed E-state index contributed by atoms with van der Waals surface area (Å²) in [5.74, 6) is -0.154. The van der Waals surface area contributed by atoms with Gasteiger partial charge in [0.25, 0.3) is 0 Å². The van der Waals surface area contributed by atoms with Crippen molar-refractivity contribution in [3.05, 3.63) is 35.9 Å². The van der Waals surface area contributed by atoms with Gasteiger partial charge in [-0.1, -0.05) is 5.21 Å². The quantitative estimate of drug-likeness (QED) is 0.743. The van der Waals surface area contributed by atoms with Crippen LogP contribution in [-0.4, -0.2) is 25.8 Å². The third-order valence-corrected chi connectivity index (χ3v) is 2.09. The van der Waals surface area contributed by atoms with Crippen LogP contribution in [0.25, 0.3) is 0 Å². The van der Waals surface area contributed by atoms with Crippen molar-refractivity contribution in [3.63, 3.8) is 0 Å². The van der Waals surface area contributed by atoms with Crippen LogP contribution in [0.15, 0.2) is 24.5 Å². The van der Waals surface area contributed by atoms with Crippen LogP contribution in [0.4, 0.5) is 5.69 Å². The normalized spacial score (nSPS) is 10.3. The zero-order chi connectivity index (χ0) is 11.5. The maximum Gasteiger partial charge on any atom is 0.189 e. The Bertz CT molecular complexity index is 519. The molecule has 6 nitrogen and oxygen atoms in total. The number of hydrogen-bond acceptors (Lipinski definition) is 5. The van der Waals surface area contributed by atoms with Crippen molar-refractivity contribution < 1.29 is 4.79 Å². The van der Waals surface area contributed by atoms with E-state index >= 15 is 0 Å². The Kier molecular flexibility index (Phi) is 2.63. The molecule has 0 fully saturated rings. The Hall–Kier alpha value is -2.24. The Morgan fingerprint density at radius 1 is 1.56 bits per heavy atom. The van der Waals surface area contributed by atoms with E-state index in [1.807, 2.05) is 0 Å². The molecule has 0 aliphatic carbocycles. The zero-order valence-corrected chi connectivity index (χ0v) is 8.79. The molecule has 16 heavy (non-hydrogen) atoms. The van der Waals surface area contributed by atoms with Crippen LogP contribution >= 0.6 is 0 Å². The van der Waals surface area contributed by atoms with E-state index in [1.54, 1.807) is 36.3 Å². The minimum atomic E-state index is -0.154. The number of anilines is 1. The highest BCUT2D eigenvalue weighted by Gasteiger charge is 2.13. The lowest BCUT2D eigenvalue weighted by Gasteiger charge is -2.00. The molecule has 2 N–H and O–H groups in total. The molecule has 0 saturated heterocycles. The highest BCUT2D eigenvalue weighted by atomic mass is 16.1. The summed E-state index contributed by atoms with van der Waals surface area (Å²) in [6.07, 6.45) is 3.40. The van der Waals surface area contributed by atoms with Crippen LogP contribution in [0.2, 0.25) is 0 Å². The molecule has 0 amide bonds. The fourth-order valence-electron chi connectivity index (χ4n) is 1.38. The van der Waals surface area contributed by atoms with Crippen LogP contribution < -0.4 is 5.73 Å². The zero-order valence-electron chi connectivity index (χ0n) is 8.79. The maximum absolute atomic E-state index is 11.8. The van der Waals surface area contributed by atoms with Gasteiger partial charge >= 0.3 is 0 Å². The summed E-state index contributed by atoms with van der Waals surface area (Å²) in [7, 11) is 1.75. The predicted octanol–water partition coefficient (Wildman–Crippen LogP) is 0.218. The predicted molar refractivity (Wildman–Crippen MR) is 57.7 cm³/mol. The van der Waals surface area contributed by atoms with Gasteiger partial charge in [0.2, 0.25) is 0 Å². The van der Waals surface area contributed by atoms with Crippen molar-refractivity contribution in [2.45, 2.75) is 6.42 Å². The summed E-state index contributed by atoms with van der Waals surface area (Å²) in [5.41, 5.74) is 6.94. The Labute approximate surface area is 92.1 Å². The number of aryl methyl sites for hydroxylation is 1. The average molecular weight is 217 g/mol. The number of hydrogen-bond donors (Lipinski definition) is 1. The van der Waals surface area contributed by atoms with E-state index in [0.29, 0.717) is 11.4 Å². The topological polar surface area (TPSA) is 86.7 Å². The lowest BCUT2D eigenvalue weighted by Crippen LogP contribution is -2.09. The lowest BCUT2D eigenvalue weighted by molar-refractivity contribution is 0.0988. The van der Waals surface area contributed by atoms with Gasteiger partial charge in [-0.25, -0.2) is 0 Å². The van der Waals surface area contributed by atoms with Crippen LogP contribution in [0.1, 0.15) is 16.2 Å². The first-order valence-electron chi connectivity index (χ1n) is 4.75. The van der Waals surface area contributed by atoms with E-state index in [0.717, 1.165) is 0 Å². The number of nitrogens with two attached hydrogens (primary N) is 1. The van der Waals surface area contributed by atoms with Crippen molar-refractivity contribution >= 4 is 11.5 Å². The summed E-state index contributed by atoms with van der Waals surface area (Å²) in [5, 5.41) is 7.58. The number of carbonyl (C=O) groups is 1. The fraction of sp³-hybridized carbons (Fsp3) is 0.200. The average Bonchev–Trinajstić information content (AvgIpc) is 2.64. The summed E-state index contributed by atoms with van der Waals surface area (Å²) < 4.78 is 1.55. The molecular formula is C10H11N5O. The first-order chi connectivity index (χ1) is 7.66. The molecule has 2 aromatic rings. The number of pyridine rings is 1. The number of Topliss-reactive ketones (excluding diaryl/α,β-unsaturated/α-hetero) is 1. The molecule has 0 saturated carbocycles.